The number of piperidine rings is 2. The number of hydrogen-bond donors (Lipinski definition) is 2. The van der Waals surface area contributed by atoms with Crippen molar-refractivity contribution in [2.75, 3.05) is 70.0 Å². The summed E-state index contributed by atoms with van der Waals surface area (Å²) in [5.41, 5.74) is 5.87. The van der Waals surface area contributed by atoms with E-state index in [9.17, 15) is 32.3 Å². The van der Waals surface area contributed by atoms with Crippen molar-refractivity contribution in [1.82, 2.24) is 24.5 Å². The van der Waals surface area contributed by atoms with Crippen LogP contribution >= 0.6 is 11.6 Å². The van der Waals surface area contributed by atoms with Crippen LogP contribution in [-0.4, -0.2) is 138 Å². The lowest BCUT2D eigenvalue weighted by atomic mass is 9.95. The highest BCUT2D eigenvalue weighted by atomic mass is 35.5. The number of likely N-dealkylation sites (tertiary alicyclic amines) is 1. The summed E-state index contributed by atoms with van der Waals surface area (Å²) in [6.45, 7) is 5.88. The van der Waals surface area contributed by atoms with E-state index in [2.05, 4.69) is 22.0 Å². The number of amides is 4. The Balaban J connectivity index is 0.961. The monoisotopic (exact) mass is 873 g/mol. The van der Waals surface area contributed by atoms with Gasteiger partial charge < -0.3 is 35.2 Å². The molecule has 2 aromatic carbocycles. The van der Waals surface area contributed by atoms with Gasteiger partial charge in [-0.2, -0.15) is 13.2 Å². The average molecular weight is 874 g/mol. The molecule has 4 fully saturated rings. The fourth-order valence-corrected chi connectivity index (χ4v) is 10.2. The molecule has 0 spiro atoms. The standard InChI is InChI=1S/C44H59ClF3N7O6/c1-2-3-4-7-22-60-39(56)28-55-32-10-11-33(55)27-34(26-32)51-18-20-52(21-19-51)41(57)38(25-29-23-35(44(46,47)48)40(49)36(45)24-29)61-43(59)53-15-13-31(14-16-53)54-17-12-30-8-5-6-9-37(30)50-42(54)58/h5-6,8-9,23-24,31-34,38H,2-4,7,10-22,25-28,49H2,1H3,(H,50,58)/t32?,33?,34?,38-/m1/s1. The van der Waals surface area contributed by atoms with Crippen molar-refractivity contribution in [3.8, 4) is 0 Å². The first-order chi connectivity index (χ1) is 29.3. The van der Waals surface area contributed by atoms with Crippen LogP contribution in [0.25, 0.3) is 0 Å². The number of urea groups is 1. The number of nitrogens with two attached hydrogens (primary N) is 1. The van der Waals surface area contributed by atoms with Crippen LogP contribution in [0.4, 0.5) is 34.1 Å². The predicted molar refractivity (Wildman–Crippen MR) is 225 cm³/mol. The molecule has 0 saturated carbocycles. The van der Waals surface area contributed by atoms with E-state index in [0.29, 0.717) is 71.2 Å². The molecular formula is C44H59ClF3N7O6. The number of anilines is 2. The highest BCUT2D eigenvalue weighted by molar-refractivity contribution is 6.33. The highest BCUT2D eigenvalue weighted by Gasteiger charge is 2.44. The maximum absolute atomic E-state index is 14.3. The van der Waals surface area contributed by atoms with Gasteiger partial charge in [0.2, 0.25) is 0 Å². The number of esters is 1. The number of unbranched alkanes of at least 4 members (excludes halogenated alkanes) is 3. The third-order valence-corrected chi connectivity index (χ3v) is 13.6. The van der Waals surface area contributed by atoms with Crippen molar-refractivity contribution in [3.63, 3.8) is 0 Å². The Morgan fingerprint density at radius 1 is 0.885 bits per heavy atom. The summed E-state index contributed by atoms with van der Waals surface area (Å²) >= 11 is 6.17. The molecule has 2 unspecified atom stereocenters. The van der Waals surface area contributed by atoms with E-state index in [1.54, 1.807) is 9.80 Å². The number of benzene rings is 2. The van der Waals surface area contributed by atoms with Crippen LogP contribution in [0.1, 0.15) is 87.8 Å². The van der Waals surface area contributed by atoms with Crippen LogP contribution in [0.15, 0.2) is 36.4 Å². The third kappa shape index (κ3) is 10.9. The molecule has 0 aliphatic carbocycles. The second-order valence-corrected chi connectivity index (χ2v) is 17.6. The Bertz CT molecular complexity index is 1880. The third-order valence-electron chi connectivity index (χ3n) is 13.3. The second kappa shape index (κ2) is 19.8. The summed E-state index contributed by atoms with van der Waals surface area (Å²) in [5.74, 6) is -0.656. The molecule has 5 aliphatic heterocycles. The van der Waals surface area contributed by atoms with Gasteiger partial charge in [0.1, 0.15) is 0 Å². The fraction of sp³-hybridized carbons (Fsp3) is 0.636. The van der Waals surface area contributed by atoms with E-state index in [4.69, 9.17) is 26.8 Å². The number of carbonyl (C=O) groups excluding carboxylic acids is 4. The van der Waals surface area contributed by atoms with Gasteiger partial charge in [-0.1, -0.05) is 56.0 Å². The van der Waals surface area contributed by atoms with E-state index in [1.165, 1.54) is 11.0 Å². The van der Waals surface area contributed by atoms with Gasteiger partial charge in [0, 0.05) is 82.1 Å². The Kier molecular flexibility index (Phi) is 14.6. The van der Waals surface area contributed by atoms with Crippen molar-refractivity contribution >= 4 is 47.0 Å². The molecule has 4 saturated heterocycles. The number of nitrogen functional groups attached to an aromatic ring is 1. The molecule has 5 aliphatic rings. The maximum atomic E-state index is 14.3. The molecule has 5 heterocycles. The summed E-state index contributed by atoms with van der Waals surface area (Å²) in [6.07, 6.45) is 2.49. The van der Waals surface area contributed by atoms with Crippen molar-refractivity contribution in [2.24, 2.45) is 0 Å². The summed E-state index contributed by atoms with van der Waals surface area (Å²) in [6, 6.07) is 10.4. The molecule has 17 heteroatoms. The van der Waals surface area contributed by atoms with Gasteiger partial charge in [-0.15, -0.1) is 0 Å². The molecule has 0 aromatic heterocycles. The zero-order chi connectivity index (χ0) is 43.3. The minimum Gasteiger partial charge on any atom is -0.465 e. The number of ether oxygens (including phenoxy) is 2. The van der Waals surface area contributed by atoms with Gasteiger partial charge in [0.15, 0.2) is 6.10 Å². The number of fused-ring (bicyclic) bond motifs is 3. The number of halogens is 4. The lowest BCUT2D eigenvalue weighted by Crippen LogP contribution is -2.58. The Morgan fingerprint density at radius 2 is 1.59 bits per heavy atom. The van der Waals surface area contributed by atoms with Gasteiger partial charge in [-0.25, -0.2) is 9.59 Å². The topological polar surface area (TPSA) is 141 Å². The smallest absolute Gasteiger partial charge is 0.418 e. The highest BCUT2D eigenvalue weighted by Crippen LogP contribution is 2.39. The normalized spacial score (nSPS) is 23.3. The number of carbonyl (C=O) groups is 4. The number of nitrogens with zero attached hydrogens (tertiary/aromatic N) is 5. The number of nitrogens with one attached hydrogen (secondary N) is 1. The van der Waals surface area contributed by atoms with Crippen molar-refractivity contribution < 1.29 is 41.8 Å². The molecule has 13 nitrogen and oxygen atoms in total. The van der Waals surface area contributed by atoms with Crippen LogP contribution in [0.2, 0.25) is 5.02 Å². The molecule has 3 N–H and O–H groups in total. The van der Waals surface area contributed by atoms with E-state index < -0.39 is 35.5 Å². The van der Waals surface area contributed by atoms with Gasteiger partial charge in [0.25, 0.3) is 5.91 Å². The van der Waals surface area contributed by atoms with Gasteiger partial charge in [-0.3, -0.25) is 19.4 Å². The number of rotatable bonds is 13. The second-order valence-electron chi connectivity index (χ2n) is 17.2. The Morgan fingerprint density at radius 3 is 2.28 bits per heavy atom. The number of piperazine rings is 1. The molecule has 7 rings (SSSR count). The molecule has 61 heavy (non-hydrogen) atoms. The van der Waals surface area contributed by atoms with Crippen LogP contribution in [0.3, 0.4) is 0 Å². The maximum Gasteiger partial charge on any atom is 0.418 e. The van der Waals surface area contributed by atoms with Gasteiger partial charge in [-0.05, 0) is 80.7 Å². The molecular weight excluding hydrogens is 815 g/mol. The van der Waals surface area contributed by atoms with Crippen molar-refractivity contribution in [2.45, 2.75) is 120 Å². The molecule has 334 valence electrons. The fourth-order valence-electron chi connectivity index (χ4n) is 9.94. The number of alkyl halides is 3. The van der Waals surface area contributed by atoms with E-state index in [-0.39, 0.29) is 60.2 Å². The van der Waals surface area contributed by atoms with E-state index >= 15 is 0 Å². The van der Waals surface area contributed by atoms with Gasteiger partial charge >= 0.3 is 24.3 Å². The van der Waals surface area contributed by atoms with Crippen LogP contribution in [0, 0.1) is 0 Å². The summed E-state index contributed by atoms with van der Waals surface area (Å²) in [5, 5.41) is 2.69. The van der Waals surface area contributed by atoms with E-state index in [1.807, 2.05) is 24.3 Å². The molecule has 2 bridgehead atoms. The van der Waals surface area contributed by atoms with Crippen LogP contribution in [-0.2, 0) is 38.1 Å². The predicted octanol–water partition coefficient (Wildman–Crippen LogP) is 6.81. The largest absolute Gasteiger partial charge is 0.465 e. The first-order valence-electron chi connectivity index (χ1n) is 22.0. The zero-order valence-electron chi connectivity index (χ0n) is 35.0. The molecule has 4 amide bonds. The van der Waals surface area contributed by atoms with Crippen molar-refractivity contribution in [1.29, 1.82) is 0 Å². The van der Waals surface area contributed by atoms with Crippen LogP contribution < -0.4 is 11.1 Å². The molecule has 2 aromatic rings. The minimum atomic E-state index is -4.79. The van der Waals surface area contributed by atoms with Crippen LogP contribution in [0.5, 0.6) is 0 Å². The summed E-state index contributed by atoms with van der Waals surface area (Å²) in [4.78, 5) is 63.5. The summed E-state index contributed by atoms with van der Waals surface area (Å²) < 4.78 is 53.4. The summed E-state index contributed by atoms with van der Waals surface area (Å²) in [7, 11) is 0. The lowest BCUT2D eigenvalue weighted by Gasteiger charge is -2.46. The van der Waals surface area contributed by atoms with Gasteiger partial charge in [0.05, 0.1) is 29.4 Å². The first kappa shape index (κ1) is 44.8. The first-order valence-corrected chi connectivity index (χ1v) is 22.4. The Labute approximate surface area is 360 Å². The minimum absolute atomic E-state index is 0.0609. The lowest BCUT2D eigenvalue weighted by molar-refractivity contribution is -0.146. The SMILES string of the molecule is CCCCCCOC(=O)CN1C2CCC1CC(N1CCN(C(=O)[C@@H](Cc3cc(Cl)c(N)c(C(F)(F)F)c3)OC(=O)N3CCC(N4CCc5ccccc5NC4=O)CC3)CC1)C2. The number of hydrogen-bond acceptors (Lipinski definition) is 9. The average Bonchev–Trinajstić information content (AvgIpc) is 3.37. The molecule has 3 atom stereocenters. The van der Waals surface area contributed by atoms with E-state index in [0.717, 1.165) is 68.7 Å². The van der Waals surface area contributed by atoms with Crippen molar-refractivity contribution in [3.05, 3.63) is 58.1 Å². The quantitative estimate of drug-likeness (QED) is 0.126. The Hall–Kier alpha value is -4.28. The zero-order valence-corrected chi connectivity index (χ0v) is 35.7. The number of para-hydroxylation sites is 1. The molecule has 0 radical (unpaired) electrons.